The molecular formula is C29H23NOS. The zero-order chi connectivity index (χ0) is 22.0. The van der Waals surface area contributed by atoms with Crippen molar-refractivity contribution in [1.82, 2.24) is 4.57 Å². The summed E-state index contributed by atoms with van der Waals surface area (Å²) < 4.78 is 14.9. The van der Waals surface area contributed by atoms with E-state index in [0.29, 0.717) is 0 Å². The highest BCUT2D eigenvalue weighted by atomic mass is 32.2. The maximum Gasteiger partial charge on any atom is 0.0811 e. The highest BCUT2D eigenvalue weighted by molar-refractivity contribution is 7.98. The number of hydrogen-bond donors (Lipinski definition) is 0. The minimum atomic E-state index is -1.05. The van der Waals surface area contributed by atoms with Gasteiger partial charge >= 0.3 is 0 Å². The summed E-state index contributed by atoms with van der Waals surface area (Å²) in [6.45, 7) is 6.29. The van der Waals surface area contributed by atoms with E-state index in [1.807, 2.05) is 19.1 Å². The van der Waals surface area contributed by atoms with Crippen molar-refractivity contribution in [3.63, 3.8) is 0 Å². The number of nitrogens with zero attached hydrogens (tertiary/aromatic N) is 1. The lowest BCUT2D eigenvalue weighted by atomic mass is 10.1. The average Bonchev–Trinajstić information content (AvgIpc) is 3.32. The van der Waals surface area contributed by atoms with Gasteiger partial charge in [-0.1, -0.05) is 54.6 Å². The summed E-state index contributed by atoms with van der Waals surface area (Å²) in [4.78, 5) is 1.80. The highest BCUT2D eigenvalue weighted by Crippen LogP contribution is 2.37. The van der Waals surface area contributed by atoms with Crippen molar-refractivity contribution >= 4 is 48.3 Å². The quantitative estimate of drug-likeness (QED) is 0.281. The van der Waals surface area contributed by atoms with Crippen LogP contribution >= 0.6 is 0 Å². The van der Waals surface area contributed by atoms with Crippen LogP contribution in [0.1, 0.15) is 23.6 Å². The molecule has 0 radical (unpaired) electrons. The van der Waals surface area contributed by atoms with Gasteiger partial charge in [0.15, 0.2) is 0 Å². The zero-order valence-corrected chi connectivity index (χ0v) is 19.2. The number of benzene rings is 4. The number of fused-ring (bicyclic) bond motifs is 4. The molecule has 5 aromatic rings. The fourth-order valence-corrected chi connectivity index (χ4v) is 6.01. The standard InChI is InChI=1S/C29H23NOS/c1-18-6-4-8-25-26-9-5-7-19(2)29(26)30(28(18)25)24-14-13-21-16-23(12-11-22(21)17-24)27-15-10-20(3)32(27)31/h4-17H,1-3H3. The zero-order valence-electron chi connectivity index (χ0n) is 18.3. The average molecular weight is 434 g/mol. The SMILES string of the molecule is CC1=CC=C(c2ccc3cc(-n4c5c(C)cccc5c5cccc(C)c54)ccc3c2)S1=O. The molecule has 4 aromatic carbocycles. The van der Waals surface area contributed by atoms with Crippen molar-refractivity contribution in [1.29, 1.82) is 0 Å². The van der Waals surface area contributed by atoms with Gasteiger partial charge in [0, 0.05) is 21.4 Å². The predicted molar refractivity (Wildman–Crippen MR) is 138 cm³/mol. The van der Waals surface area contributed by atoms with E-state index in [4.69, 9.17) is 0 Å². The van der Waals surface area contributed by atoms with E-state index in [1.54, 1.807) is 0 Å². The molecule has 156 valence electrons. The van der Waals surface area contributed by atoms with Crippen molar-refractivity contribution in [3.8, 4) is 5.69 Å². The third-order valence-electron chi connectivity index (χ3n) is 6.54. The summed E-state index contributed by atoms with van der Waals surface area (Å²) in [5, 5.41) is 4.91. The van der Waals surface area contributed by atoms with Crippen LogP contribution in [0.25, 0.3) is 43.2 Å². The Hall–Kier alpha value is -3.43. The maximum atomic E-state index is 12.5. The molecule has 0 aliphatic carbocycles. The second-order valence-electron chi connectivity index (χ2n) is 8.60. The Bertz CT molecular complexity index is 1610. The Morgan fingerprint density at radius 3 is 1.94 bits per heavy atom. The van der Waals surface area contributed by atoms with Crippen LogP contribution in [0, 0.1) is 13.8 Å². The third kappa shape index (κ3) is 2.74. The Labute approximate surface area is 189 Å². The van der Waals surface area contributed by atoms with Crippen molar-refractivity contribution in [2.45, 2.75) is 20.8 Å². The number of aryl methyl sites for hydroxylation is 2. The number of para-hydroxylation sites is 2. The predicted octanol–water partition coefficient (Wildman–Crippen LogP) is 7.56. The third-order valence-corrected chi connectivity index (χ3v) is 8.03. The van der Waals surface area contributed by atoms with E-state index in [0.717, 1.165) is 26.4 Å². The van der Waals surface area contributed by atoms with Crippen LogP contribution < -0.4 is 0 Å². The number of allylic oxidation sites excluding steroid dienone is 3. The molecule has 1 unspecified atom stereocenters. The first-order valence-corrected chi connectivity index (χ1v) is 12.0. The first-order valence-electron chi connectivity index (χ1n) is 10.9. The molecule has 32 heavy (non-hydrogen) atoms. The van der Waals surface area contributed by atoms with Gasteiger partial charge in [0.2, 0.25) is 0 Å². The molecule has 2 nitrogen and oxygen atoms in total. The van der Waals surface area contributed by atoms with Crippen LogP contribution in [0.4, 0.5) is 0 Å². The van der Waals surface area contributed by atoms with Gasteiger partial charge in [-0.15, -0.1) is 0 Å². The van der Waals surface area contributed by atoms with Gasteiger partial charge in [-0.05, 0) is 78.6 Å². The van der Waals surface area contributed by atoms with E-state index >= 15 is 0 Å². The van der Waals surface area contributed by atoms with E-state index < -0.39 is 10.8 Å². The second-order valence-corrected chi connectivity index (χ2v) is 10.2. The van der Waals surface area contributed by atoms with E-state index in [1.165, 1.54) is 38.3 Å². The van der Waals surface area contributed by atoms with E-state index in [2.05, 4.69) is 91.2 Å². The number of rotatable bonds is 2. The largest absolute Gasteiger partial charge is 0.309 e. The molecule has 0 N–H and O–H groups in total. The first-order chi connectivity index (χ1) is 15.5. The summed E-state index contributed by atoms with van der Waals surface area (Å²) in [5.41, 5.74) is 7.26. The summed E-state index contributed by atoms with van der Waals surface area (Å²) in [6.07, 6.45) is 3.93. The molecule has 1 atom stereocenters. The molecule has 0 spiro atoms. The molecule has 1 aliphatic heterocycles. The molecule has 2 heterocycles. The van der Waals surface area contributed by atoms with E-state index in [-0.39, 0.29) is 0 Å². The molecule has 0 fully saturated rings. The Kier molecular flexibility index (Phi) is 4.24. The molecule has 0 bridgehead atoms. The molecule has 0 amide bonds. The van der Waals surface area contributed by atoms with Gasteiger partial charge in [0.05, 0.1) is 26.7 Å². The van der Waals surface area contributed by atoms with Crippen molar-refractivity contribution in [3.05, 3.63) is 107 Å². The molecule has 3 heteroatoms. The maximum absolute atomic E-state index is 12.5. The van der Waals surface area contributed by atoms with Gasteiger partial charge < -0.3 is 4.57 Å². The smallest absolute Gasteiger partial charge is 0.0811 e. The topological polar surface area (TPSA) is 22.0 Å². The van der Waals surface area contributed by atoms with Gasteiger partial charge in [-0.3, -0.25) is 0 Å². The fraction of sp³-hybridized carbons (Fsp3) is 0.103. The number of aromatic nitrogens is 1. The minimum absolute atomic E-state index is 0.891. The normalized spacial score (nSPS) is 16.2. The Morgan fingerprint density at radius 2 is 1.31 bits per heavy atom. The molecule has 1 aromatic heterocycles. The van der Waals surface area contributed by atoms with Crippen LogP contribution in [0.5, 0.6) is 0 Å². The van der Waals surface area contributed by atoms with Gasteiger partial charge in [0.25, 0.3) is 0 Å². The molecular weight excluding hydrogens is 410 g/mol. The minimum Gasteiger partial charge on any atom is -0.309 e. The van der Waals surface area contributed by atoms with Crippen LogP contribution in [-0.4, -0.2) is 8.78 Å². The van der Waals surface area contributed by atoms with Crippen molar-refractivity contribution in [2.75, 3.05) is 0 Å². The van der Waals surface area contributed by atoms with Gasteiger partial charge in [-0.2, -0.15) is 0 Å². The molecule has 1 aliphatic rings. The Morgan fingerprint density at radius 1 is 0.688 bits per heavy atom. The lowest BCUT2D eigenvalue weighted by Gasteiger charge is -2.13. The van der Waals surface area contributed by atoms with Crippen LogP contribution in [-0.2, 0) is 10.8 Å². The molecule has 6 rings (SSSR count). The lowest BCUT2D eigenvalue weighted by Crippen LogP contribution is -1.97. The van der Waals surface area contributed by atoms with Gasteiger partial charge in [-0.25, -0.2) is 4.21 Å². The summed E-state index contributed by atoms with van der Waals surface area (Å²) in [6, 6.07) is 26.1. The monoisotopic (exact) mass is 433 g/mol. The van der Waals surface area contributed by atoms with E-state index in [9.17, 15) is 4.21 Å². The fourth-order valence-electron chi connectivity index (χ4n) is 4.94. The second kappa shape index (κ2) is 7.04. The summed E-state index contributed by atoms with van der Waals surface area (Å²) >= 11 is 0. The van der Waals surface area contributed by atoms with Crippen LogP contribution in [0.3, 0.4) is 0 Å². The van der Waals surface area contributed by atoms with Crippen LogP contribution in [0.2, 0.25) is 0 Å². The first kappa shape index (κ1) is 19.3. The highest BCUT2D eigenvalue weighted by Gasteiger charge is 2.18. The van der Waals surface area contributed by atoms with Crippen molar-refractivity contribution in [2.24, 2.45) is 0 Å². The Balaban J connectivity index is 1.58. The lowest BCUT2D eigenvalue weighted by molar-refractivity contribution is 0.692. The molecule has 0 saturated heterocycles. The summed E-state index contributed by atoms with van der Waals surface area (Å²) in [5.74, 6) is 0. The van der Waals surface area contributed by atoms with Crippen LogP contribution in [0.15, 0.2) is 89.9 Å². The summed E-state index contributed by atoms with van der Waals surface area (Å²) in [7, 11) is -1.05. The molecule has 0 saturated carbocycles. The van der Waals surface area contributed by atoms with Gasteiger partial charge in [0.1, 0.15) is 0 Å². The van der Waals surface area contributed by atoms with Crippen molar-refractivity contribution < 1.29 is 4.21 Å². The number of hydrogen-bond acceptors (Lipinski definition) is 1.